The highest BCUT2D eigenvalue weighted by molar-refractivity contribution is 7.15. The van der Waals surface area contributed by atoms with Gasteiger partial charge in [0.1, 0.15) is 0 Å². The Morgan fingerprint density at radius 2 is 2.29 bits per heavy atom. The molecule has 2 rings (SSSR count). The van der Waals surface area contributed by atoms with Crippen LogP contribution in [0.1, 0.15) is 10.7 Å². The molecule has 0 fully saturated rings. The number of rotatable bonds is 2. The summed E-state index contributed by atoms with van der Waals surface area (Å²) in [5, 5.41) is 1.03. The van der Waals surface area contributed by atoms with Gasteiger partial charge in [-0.05, 0) is 19.1 Å². The van der Waals surface area contributed by atoms with E-state index in [-0.39, 0.29) is 0 Å². The van der Waals surface area contributed by atoms with E-state index < -0.39 is 0 Å². The van der Waals surface area contributed by atoms with Crippen LogP contribution < -0.4 is 5.73 Å². The van der Waals surface area contributed by atoms with Gasteiger partial charge in [0.2, 0.25) is 0 Å². The number of aryl methyl sites for hydroxylation is 1. The third kappa shape index (κ3) is 1.66. The van der Waals surface area contributed by atoms with E-state index in [1.165, 1.54) is 0 Å². The third-order valence-corrected chi connectivity index (χ3v) is 2.93. The number of thiazole rings is 1. The Bertz CT molecular complexity index is 422. The van der Waals surface area contributed by atoms with Gasteiger partial charge < -0.3 is 5.73 Å². The van der Waals surface area contributed by atoms with E-state index in [2.05, 4.69) is 9.97 Å². The molecule has 0 aliphatic carbocycles. The summed E-state index contributed by atoms with van der Waals surface area (Å²) in [4.78, 5) is 9.73. The van der Waals surface area contributed by atoms with Crippen LogP contribution in [0.15, 0.2) is 24.4 Å². The highest BCUT2D eigenvalue weighted by atomic mass is 32.1. The van der Waals surface area contributed by atoms with Crippen molar-refractivity contribution in [1.82, 2.24) is 9.97 Å². The van der Waals surface area contributed by atoms with Crippen molar-refractivity contribution in [3.63, 3.8) is 0 Å². The molecule has 0 bridgehead atoms. The fourth-order valence-electron chi connectivity index (χ4n) is 1.31. The zero-order valence-electron chi connectivity index (χ0n) is 7.90. The molecule has 2 heterocycles. The molecule has 0 spiro atoms. The second kappa shape index (κ2) is 3.86. The van der Waals surface area contributed by atoms with Crippen LogP contribution in [0.4, 0.5) is 0 Å². The Labute approximate surface area is 86.6 Å². The topological polar surface area (TPSA) is 51.8 Å². The molecule has 0 aliphatic rings. The van der Waals surface area contributed by atoms with Crippen molar-refractivity contribution < 1.29 is 0 Å². The summed E-state index contributed by atoms with van der Waals surface area (Å²) >= 11 is 1.64. The minimum absolute atomic E-state index is 0.468. The van der Waals surface area contributed by atoms with E-state index in [4.69, 9.17) is 5.73 Å². The Hall–Kier alpha value is -1.26. The first-order valence-electron chi connectivity index (χ1n) is 4.39. The molecule has 2 N–H and O–H groups in total. The van der Waals surface area contributed by atoms with Crippen LogP contribution in [0, 0.1) is 6.92 Å². The molecule has 0 aromatic carbocycles. The summed E-state index contributed by atoms with van der Waals surface area (Å²) in [6.45, 7) is 2.45. The van der Waals surface area contributed by atoms with E-state index in [1.807, 2.05) is 25.1 Å². The summed E-state index contributed by atoms with van der Waals surface area (Å²) in [6, 6.07) is 5.85. The van der Waals surface area contributed by atoms with Gasteiger partial charge in [0.05, 0.1) is 21.3 Å². The monoisotopic (exact) mass is 205 g/mol. The van der Waals surface area contributed by atoms with Crippen molar-refractivity contribution in [3.05, 3.63) is 35.1 Å². The van der Waals surface area contributed by atoms with Crippen LogP contribution in [-0.4, -0.2) is 9.97 Å². The van der Waals surface area contributed by atoms with Gasteiger partial charge in [0.15, 0.2) is 0 Å². The van der Waals surface area contributed by atoms with Gasteiger partial charge in [-0.3, -0.25) is 4.98 Å². The highest BCUT2D eigenvalue weighted by Gasteiger charge is 2.09. The smallest absolute Gasteiger partial charge is 0.0905 e. The first-order valence-corrected chi connectivity index (χ1v) is 5.20. The molecule has 0 aliphatic heterocycles. The molecule has 0 amide bonds. The van der Waals surface area contributed by atoms with Crippen LogP contribution in [0.2, 0.25) is 0 Å². The standard InChI is InChI=1S/C10H11N3S/c1-7-13-9(6-11)10(14-7)8-4-2-3-5-12-8/h2-5H,6,11H2,1H3. The Morgan fingerprint density at radius 1 is 1.43 bits per heavy atom. The van der Waals surface area contributed by atoms with E-state index in [1.54, 1.807) is 17.5 Å². The summed E-state index contributed by atoms with van der Waals surface area (Å²) in [5.74, 6) is 0. The number of hydrogen-bond donors (Lipinski definition) is 1. The Kier molecular flexibility index (Phi) is 2.56. The zero-order chi connectivity index (χ0) is 9.97. The number of nitrogens with two attached hydrogens (primary N) is 1. The van der Waals surface area contributed by atoms with Crippen LogP contribution in [0.3, 0.4) is 0 Å². The van der Waals surface area contributed by atoms with Gasteiger partial charge in [0.25, 0.3) is 0 Å². The average Bonchev–Trinajstić information content (AvgIpc) is 2.61. The fourth-order valence-corrected chi connectivity index (χ4v) is 2.23. The number of aromatic nitrogens is 2. The Balaban J connectivity index is 2.51. The predicted octanol–water partition coefficient (Wildman–Crippen LogP) is 1.97. The summed E-state index contributed by atoms with van der Waals surface area (Å²) in [7, 11) is 0. The summed E-state index contributed by atoms with van der Waals surface area (Å²) in [6.07, 6.45) is 1.78. The maximum absolute atomic E-state index is 5.62. The van der Waals surface area contributed by atoms with Crippen LogP contribution in [-0.2, 0) is 6.54 Å². The van der Waals surface area contributed by atoms with E-state index in [9.17, 15) is 0 Å². The quantitative estimate of drug-likeness (QED) is 0.815. The van der Waals surface area contributed by atoms with Crippen molar-refractivity contribution in [2.24, 2.45) is 5.73 Å². The molecule has 2 aromatic heterocycles. The Morgan fingerprint density at radius 3 is 2.93 bits per heavy atom. The third-order valence-electron chi connectivity index (χ3n) is 1.90. The lowest BCUT2D eigenvalue weighted by Gasteiger charge is -1.97. The average molecular weight is 205 g/mol. The number of hydrogen-bond acceptors (Lipinski definition) is 4. The molecular weight excluding hydrogens is 194 g/mol. The normalized spacial score (nSPS) is 10.4. The first kappa shape index (κ1) is 9.30. The SMILES string of the molecule is Cc1nc(CN)c(-c2ccccn2)s1. The van der Waals surface area contributed by atoms with Crippen molar-refractivity contribution in [1.29, 1.82) is 0 Å². The lowest BCUT2D eigenvalue weighted by molar-refractivity contribution is 0.999. The molecule has 0 unspecified atom stereocenters. The van der Waals surface area contributed by atoms with Crippen molar-refractivity contribution in [2.75, 3.05) is 0 Å². The van der Waals surface area contributed by atoms with Gasteiger partial charge >= 0.3 is 0 Å². The fraction of sp³-hybridized carbons (Fsp3) is 0.200. The van der Waals surface area contributed by atoms with E-state index >= 15 is 0 Å². The maximum Gasteiger partial charge on any atom is 0.0905 e. The van der Waals surface area contributed by atoms with Gasteiger partial charge in [-0.25, -0.2) is 4.98 Å². The molecule has 0 atom stereocenters. The molecule has 0 saturated heterocycles. The van der Waals surface area contributed by atoms with Crippen LogP contribution in [0.25, 0.3) is 10.6 Å². The molecule has 72 valence electrons. The van der Waals surface area contributed by atoms with Gasteiger partial charge in [-0.1, -0.05) is 6.07 Å². The molecule has 0 radical (unpaired) electrons. The molecule has 2 aromatic rings. The minimum atomic E-state index is 0.468. The minimum Gasteiger partial charge on any atom is -0.325 e. The van der Waals surface area contributed by atoms with Crippen molar-refractivity contribution in [3.8, 4) is 10.6 Å². The number of pyridine rings is 1. The molecule has 3 nitrogen and oxygen atoms in total. The predicted molar refractivity (Wildman–Crippen MR) is 58.0 cm³/mol. The molecule has 4 heteroatoms. The molecular formula is C10H11N3S. The van der Waals surface area contributed by atoms with Gasteiger partial charge in [-0.15, -0.1) is 11.3 Å². The van der Waals surface area contributed by atoms with Crippen LogP contribution in [0.5, 0.6) is 0 Å². The summed E-state index contributed by atoms with van der Waals surface area (Å²) < 4.78 is 0. The molecule has 0 saturated carbocycles. The second-order valence-corrected chi connectivity index (χ2v) is 4.13. The van der Waals surface area contributed by atoms with Crippen LogP contribution >= 0.6 is 11.3 Å². The van der Waals surface area contributed by atoms with Gasteiger partial charge in [-0.2, -0.15) is 0 Å². The maximum atomic E-state index is 5.62. The number of nitrogens with zero attached hydrogens (tertiary/aromatic N) is 2. The second-order valence-electron chi connectivity index (χ2n) is 2.93. The van der Waals surface area contributed by atoms with Crippen molar-refractivity contribution in [2.45, 2.75) is 13.5 Å². The lowest BCUT2D eigenvalue weighted by Crippen LogP contribution is -1.98. The van der Waals surface area contributed by atoms with E-state index in [0.717, 1.165) is 21.3 Å². The highest BCUT2D eigenvalue weighted by Crippen LogP contribution is 2.27. The zero-order valence-corrected chi connectivity index (χ0v) is 8.71. The molecule has 14 heavy (non-hydrogen) atoms. The summed E-state index contributed by atoms with van der Waals surface area (Å²) in [5.41, 5.74) is 7.51. The van der Waals surface area contributed by atoms with Crippen molar-refractivity contribution >= 4 is 11.3 Å². The van der Waals surface area contributed by atoms with E-state index in [0.29, 0.717) is 6.54 Å². The van der Waals surface area contributed by atoms with Gasteiger partial charge in [0, 0.05) is 12.7 Å². The first-order chi connectivity index (χ1) is 6.81. The lowest BCUT2D eigenvalue weighted by atomic mass is 10.2. The largest absolute Gasteiger partial charge is 0.325 e.